The van der Waals surface area contributed by atoms with Crippen molar-refractivity contribution in [3.63, 3.8) is 0 Å². The van der Waals surface area contributed by atoms with Gasteiger partial charge in [0.15, 0.2) is 17.5 Å². The minimum absolute atomic E-state index is 0.0662. The van der Waals surface area contributed by atoms with Crippen LogP contribution in [0.1, 0.15) is 0 Å². The summed E-state index contributed by atoms with van der Waals surface area (Å²) in [5, 5.41) is 20.9. The number of urea groups is 1. The van der Waals surface area contributed by atoms with Crippen LogP contribution in [0.15, 0.2) is 29.1 Å². The van der Waals surface area contributed by atoms with Crippen LogP contribution in [0, 0.1) is 11.6 Å². The number of guanidine groups is 1. The van der Waals surface area contributed by atoms with E-state index in [-0.39, 0.29) is 24.1 Å². The number of aliphatic imine (C=N–C) groups is 1. The molecule has 3 heterocycles. The number of nitrogens with zero attached hydrogens (tertiary/aromatic N) is 5. The maximum absolute atomic E-state index is 14.6. The average Bonchev–Trinajstić information content (AvgIpc) is 3.13. The number of piperazine rings is 1. The fraction of sp³-hybridized carbons (Fsp3) is 0.474. The van der Waals surface area contributed by atoms with Gasteiger partial charge in [-0.2, -0.15) is 4.99 Å². The lowest BCUT2D eigenvalue weighted by Gasteiger charge is -2.39. The Balaban J connectivity index is 1.41. The van der Waals surface area contributed by atoms with Gasteiger partial charge in [0, 0.05) is 51.6 Å². The third kappa shape index (κ3) is 4.35. The van der Waals surface area contributed by atoms with Crippen molar-refractivity contribution < 1.29 is 28.5 Å². The molecule has 0 bridgehead atoms. The zero-order chi connectivity index (χ0) is 22.1. The highest BCUT2D eigenvalue weighted by Gasteiger charge is 2.33. The molecule has 12 heteroatoms. The summed E-state index contributed by atoms with van der Waals surface area (Å²) < 4.78 is 34.3. The highest BCUT2D eigenvalue weighted by Crippen LogP contribution is 2.29. The largest absolute Gasteiger partial charge is 0.491 e. The molecule has 31 heavy (non-hydrogen) atoms. The van der Waals surface area contributed by atoms with Gasteiger partial charge in [-0.15, -0.1) is 0 Å². The molecule has 0 aliphatic carbocycles. The van der Waals surface area contributed by atoms with Crippen molar-refractivity contribution in [1.29, 1.82) is 0 Å². The first kappa shape index (κ1) is 21.1. The zero-order valence-electron chi connectivity index (χ0n) is 17.0. The summed E-state index contributed by atoms with van der Waals surface area (Å²) >= 11 is 0. The lowest BCUT2D eigenvalue weighted by molar-refractivity contribution is 0.0534. The molecule has 2 amide bonds. The molecule has 1 unspecified atom stereocenters. The van der Waals surface area contributed by atoms with E-state index in [0.717, 1.165) is 12.1 Å². The number of halogens is 2. The Labute approximate surface area is 177 Å². The average molecular weight is 438 g/mol. The molecule has 1 saturated heterocycles. The number of carbonyl (C=O) groups is 1. The van der Waals surface area contributed by atoms with E-state index in [4.69, 9.17) is 9.84 Å². The molecule has 1 aromatic rings. The summed E-state index contributed by atoms with van der Waals surface area (Å²) in [5.41, 5.74) is -0.157. The van der Waals surface area contributed by atoms with Gasteiger partial charge in [0.05, 0.1) is 6.61 Å². The fourth-order valence-electron chi connectivity index (χ4n) is 3.62. The maximum atomic E-state index is 14.6. The molecule has 3 aliphatic rings. The van der Waals surface area contributed by atoms with Crippen LogP contribution in [0.3, 0.4) is 0 Å². The third-order valence-corrected chi connectivity index (χ3v) is 5.20. The summed E-state index contributed by atoms with van der Waals surface area (Å²) in [6.45, 7) is 1.15. The molecule has 1 fully saturated rings. The van der Waals surface area contributed by atoms with Crippen LogP contribution in [0.2, 0.25) is 0 Å². The number of hydrogen-bond acceptors (Lipinski definition) is 8. The smallest absolute Gasteiger partial charge is 0.331 e. The van der Waals surface area contributed by atoms with Crippen molar-refractivity contribution in [2.45, 2.75) is 6.10 Å². The van der Waals surface area contributed by atoms with Gasteiger partial charge in [-0.05, 0) is 0 Å². The van der Waals surface area contributed by atoms with Crippen molar-refractivity contribution in [3.8, 4) is 5.75 Å². The number of carbonyl (C=O) groups excluding carboxylic acids is 1. The first-order chi connectivity index (χ1) is 14.9. The van der Waals surface area contributed by atoms with Crippen LogP contribution in [-0.4, -0.2) is 96.1 Å². The summed E-state index contributed by atoms with van der Waals surface area (Å²) in [6.07, 6.45) is 0.651. The number of anilines is 1. The third-order valence-electron chi connectivity index (χ3n) is 5.20. The quantitative estimate of drug-likeness (QED) is 0.590. The Bertz CT molecular complexity index is 896. The predicted octanol–water partition coefficient (Wildman–Crippen LogP) is -0.0982. The fourth-order valence-corrected chi connectivity index (χ4v) is 3.62. The monoisotopic (exact) mass is 438 g/mol. The molecule has 0 saturated carbocycles. The molecule has 0 spiro atoms. The Morgan fingerprint density at radius 3 is 2.48 bits per heavy atom. The van der Waals surface area contributed by atoms with Crippen LogP contribution in [0.25, 0.3) is 0 Å². The molecular formula is C19H24F2N6O4. The van der Waals surface area contributed by atoms with E-state index in [0.29, 0.717) is 44.6 Å². The van der Waals surface area contributed by atoms with Crippen molar-refractivity contribution in [2.24, 2.45) is 4.99 Å². The second-order valence-electron chi connectivity index (χ2n) is 7.54. The lowest BCUT2D eigenvalue weighted by Crippen LogP contribution is -2.57. The number of benzene rings is 1. The highest BCUT2D eigenvalue weighted by molar-refractivity contribution is 5.99. The number of fused-ring (bicyclic) bond motifs is 1. The van der Waals surface area contributed by atoms with Crippen LogP contribution >= 0.6 is 0 Å². The highest BCUT2D eigenvalue weighted by atomic mass is 19.1. The Kier molecular flexibility index (Phi) is 5.83. The molecule has 3 aliphatic heterocycles. The van der Waals surface area contributed by atoms with Gasteiger partial charge in [-0.3, -0.25) is 10.2 Å². The lowest BCUT2D eigenvalue weighted by atomic mass is 10.2. The number of hydrogen-bond donors (Lipinski definition) is 3. The summed E-state index contributed by atoms with van der Waals surface area (Å²) in [6, 6.07) is 1.85. The van der Waals surface area contributed by atoms with Gasteiger partial charge in [0.2, 0.25) is 5.96 Å². The van der Waals surface area contributed by atoms with E-state index in [9.17, 15) is 18.7 Å². The first-order valence-corrected chi connectivity index (χ1v) is 9.85. The SMILES string of the molecule is CN1C=C2N=C(N3CCN(c4c(F)cc(OCC(O)CO)cc4F)CC3)NC(=O)N2C1. The van der Waals surface area contributed by atoms with Crippen LogP contribution in [-0.2, 0) is 0 Å². The predicted molar refractivity (Wildman–Crippen MR) is 107 cm³/mol. The van der Waals surface area contributed by atoms with Crippen LogP contribution in [0.5, 0.6) is 5.75 Å². The number of amides is 2. The molecule has 0 aromatic heterocycles. The molecule has 3 N–H and O–H groups in total. The van der Waals surface area contributed by atoms with Gasteiger partial charge in [0.25, 0.3) is 0 Å². The molecular weight excluding hydrogens is 414 g/mol. The molecule has 4 rings (SSSR count). The second kappa shape index (κ2) is 8.55. The first-order valence-electron chi connectivity index (χ1n) is 9.85. The van der Waals surface area contributed by atoms with E-state index in [1.54, 1.807) is 11.1 Å². The zero-order valence-corrected chi connectivity index (χ0v) is 17.0. The minimum atomic E-state index is -1.13. The van der Waals surface area contributed by atoms with Crippen molar-refractivity contribution in [2.75, 3.05) is 58.0 Å². The summed E-state index contributed by atoms with van der Waals surface area (Å²) in [7, 11) is 1.85. The van der Waals surface area contributed by atoms with Gasteiger partial charge < -0.3 is 29.6 Å². The number of aliphatic hydroxyl groups excluding tert-OH is 2. The van der Waals surface area contributed by atoms with Crippen LogP contribution in [0.4, 0.5) is 19.3 Å². The molecule has 0 radical (unpaired) electrons. The Morgan fingerprint density at radius 1 is 1.19 bits per heavy atom. The number of ether oxygens (including phenoxy) is 1. The van der Waals surface area contributed by atoms with E-state index < -0.39 is 24.3 Å². The van der Waals surface area contributed by atoms with Crippen molar-refractivity contribution in [1.82, 2.24) is 20.0 Å². The topological polar surface area (TPSA) is 104 Å². The molecule has 1 atom stereocenters. The Morgan fingerprint density at radius 2 is 1.84 bits per heavy atom. The normalized spacial score (nSPS) is 19.7. The number of nitrogens with one attached hydrogen (secondary N) is 1. The molecule has 1 aromatic carbocycles. The van der Waals surface area contributed by atoms with Gasteiger partial charge >= 0.3 is 6.03 Å². The Hall–Kier alpha value is -3.12. The van der Waals surface area contributed by atoms with Crippen molar-refractivity contribution >= 4 is 17.7 Å². The van der Waals surface area contributed by atoms with E-state index in [1.165, 1.54) is 4.90 Å². The van der Waals surface area contributed by atoms with E-state index in [1.807, 2.05) is 16.8 Å². The maximum Gasteiger partial charge on any atom is 0.331 e. The number of aliphatic hydroxyl groups is 2. The summed E-state index contributed by atoms with van der Waals surface area (Å²) in [5.74, 6) is -0.638. The van der Waals surface area contributed by atoms with Crippen LogP contribution < -0.4 is 15.0 Å². The van der Waals surface area contributed by atoms with E-state index >= 15 is 0 Å². The van der Waals surface area contributed by atoms with Crippen molar-refractivity contribution in [3.05, 3.63) is 35.8 Å². The van der Waals surface area contributed by atoms with Gasteiger partial charge in [-0.25, -0.2) is 13.6 Å². The van der Waals surface area contributed by atoms with Gasteiger partial charge in [0.1, 0.15) is 30.8 Å². The molecule has 168 valence electrons. The number of rotatable bonds is 5. The standard InChI is InChI=1S/C19H24F2N6O4/c1-24-8-16-22-18(23-19(30)27(16)11-24)26-4-2-25(3-5-26)17-14(20)6-13(7-15(17)21)31-10-12(29)9-28/h6-8,12,28-29H,2-5,9-11H2,1H3,(H,22,23,30). The summed E-state index contributed by atoms with van der Waals surface area (Å²) in [4.78, 5) is 23.6. The van der Waals surface area contributed by atoms with Gasteiger partial charge in [-0.1, -0.05) is 0 Å². The second-order valence-corrected chi connectivity index (χ2v) is 7.54. The minimum Gasteiger partial charge on any atom is -0.491 e. The van der Waals surface area contributed by atoms with E-state index in [2.05, 4.69) is 10.3 Å². The molecule has 10 nitrogen and oxygen atoms in total.